The van der Waals surface area contributed by atoms with Crippen molar-refractivity contribution in [3.8, 4) is 17.1 Å². The zero-order chi connectivity index (χ0) is 16.7. The minimum Gasteiger partial charge on any atom is -0.497 e. The molecule has 3 heterocycles. The molecule has 2 aromatic heterocycles. The number of urea groups is 1. The highest BCUT2D eigenvalue weighted by Gasteiger charge is 2.25. The van der Waals surface area contributed by atoms with Gasteiger partial charge >= 0.3 is 6.03 Å². The van der Waals surface area contributed by atoms with Crippen molar-refractivity contribution in [3.63, 3.8) is 0 Å². The quantitative estimate of drug-likeness (QED) is 0.774. The Morgan fingerprint density at radius 2 is 2.12 bits per heavy atom. The molecule has 0 atom stereocenters. The van der Waals surface area contributed by atoms with Crippen LogP contribution in [0.1, 0.15) is 10.6 Å². The van der Waals surface area contributed by atoms with E-state index in [9.17, 15) is 4.79 Å². The van der Waals surface area contributed by atoms with Crippen molar-refractivity contribution >= 4 is 22.3 Å². The van der Waals surface area contributed by atoms with Crippen LogP contribution in [-0.2, 0) is 13.0 Å². The average molecular weight is 343 g/mol. The molecule has 0 aliphatic carbocycles. The molecule has 0 spiro atoms. The van der Waals surface area contributed by atoms with Crippen LogP contribution >= 0.6 is 11.3 Å². The van der Waals surface area contributed by atoms with Crippen LogP contribution in [0.15, 0.2) is 24.3 Å². The largest absolute Gasteiger partial charge is 0.497 e. The molecule has 124 valence electrons. The molecule has 3 aromatic rings. The molecule has 0 fully saturated rings. The second kappa shape index (κ2) is 5.79. The zero-order valence-corrected chi connectivity index (χ0v) is 14.3. The number of rotatable bonds is 2. The van der Waals surface area contributed by atoms with Gasteiger partial charge < -0.3 is 15.0 Å². The third-order valence-corrected chi connectivity index (χ3v) is 5.23. The van der Waals surface area contributed by atoms with Gasteiger partial charge in [-0.25, -0.2) is 9.31 Å². The molecule has 0 unspecified atom stereocenters. The fraction of sp³-hybridized carbons (Fsp3) is 0.312. The maximum atomic E-state index is 11.8. The fourth-order valence-corrected chi connectivity index (χ4v) is 4.00. The van der Waals surface area contributed by atoms with Crippen LogP contribution in [-0.4, -0.2) is 46.2 Å². The van der Waals surface area contributed by atoms with Gasteiger partial charge in [0.05, 0.1) is 19.3 Å². The number of hydrogen-bond donors (Lipinski definition) is 1. The predicted molar refractivity (Wildman–Crippen MR) is 91.4 cm³/mol. The third-order valence-electron chi connectivity index (χ3n) is 4.17. The minimum absolute atomic E-state index is 0.0430. The van der Waals surface area contributed by atoms with E-state index in [2.05, 4.69) is 15.4 Å². The van der Waals surface area contributed by atoms with E-state index in [1.807, 2.05) is 33.7 Å². The molecule has 0 radical (unpaired) electrons. The molecule has 4 rings (SSSR count). The van der Waals surface area contributed by atoms with Gasteiger partial charge in [-0.1, -0.05) is 11.3 Å². The Balaban J connectivity index is 1.66. The van der Waals surface area contributed by atoms with E-state index in [0.717, 1.165) is 33.3 Å². The number of nitrogens with zero attached hydrogens (tertiary/aromatic N) is 4. The van der Waals surface area contributed by atoms with Crippen molar-refractivity contribution in [3.05, 3.63) is 34.8 Å². The van der Waals surface area contributed by atoms with Crippen LogP contribution in [0.4, 0.5) is 4.79 Å². The predicted octanol–water partition coefficient (Wildman–Crippen LogP) is 2.16. The number of methoxy groups -OCH3 is 1. The Kier molecular flexibility index (Phi) is 3.61. The molecule has 24 heavy (non-hydrogen) atoms. The maximum Gasteiger partial charge on any atom is 0.317 e. The van der Waals surface area contributed by atoms with E-state index in [1.54, 1.807) is 25.5 Å². The summed E-state index contributed by atoms with van der Waals surface area (Å²) in [4.78, 5) is 20.3. The summed E-state index contributed by atoms with van der Waals surface area (Å²) in [5.41, 5.74) is 2.12. The topological polar surface area (TPSA) is 71.8 Å². The number of thiazole rings is 1. The minimum atomic E-state index is -0.0430. The maximum absolute atomic E-state index is 11.8. The van der Waals surface area contributed by atoms with Gasteiger partial charge in [-0.05, 0) is 24.3 Å². The molecule has 1 aromatic carbocycles. The standard InChI is InChI=1S/C16H17N5O2S/c1-17-15(22)20-8-7-12-13(9-20)24-16-18-14(19-21(12)16)10-3-5-11(23-2)6-4-10/h3-6H,7-9H2,1-2H3,(H,17,22). The van der Waals surface area contributed by atoms with Gasteiger partial charge in [-0.15, -0.1) is 5.10 Å². The summed E-state index contributed by atoms with van der Waals surface area (Å²) >= 11 is 1.60. The summed E-state index contributed by atoms with van der Waals surface area (Å²) in [6.07, 6.45) is 0.786. The SMILES string of the molecule is CNC(=O)N1CCc2c(sc3nc(-c4ccc(OC)cc4)nn23)C1. The third kappa shape index (κ3) is 2.39. The number of amides is 2. The monoisotopic (exact) mass is 343 g/mol. The first kappa shape index (κ1) is 14.9. The Morgan fingerprint density at radius 3 is 2.83 bits per heavy atom. The second-order valence-electron chi connectivity index (χ2n) is 5.56. The summed E-state index contributed by atoms with van der Waals surface area (Å²) in [6, 6.07) is 7.68. The molecule has 2 amide bonds. The first-order valence-electron chi connectivity index (χ1n) is 7.68. The van der Waals surface area contributed by atoms with Crippen molar-refractivity contribution in [2.45, 2.75) is 13.0 Å². The number of hydrogen-bond acceptors (Lipinski definition) is 5. The summed E-state index contributed by atoms with van der Waals surface area (Å²) in [6.45, 7) is 1.30. The highest BCUT2D eigenvalue weighted by molar-refractivity contribution is 7.17. The number of benzene rings is 1. The van der Waals surface area contributed by atoms with E-state index in [0.29, 0.717) is 18.9 Å². The molecule has 1 aliphatic heterocycles. The van der Waals surface area contributed by atoms with Gasteiger partial charge in [-0.2, -0.15) is 4.98 Å². The first-order chi connectivity index (χ1) is 11.7. The van der Waals surface area contributed by atoms with E-state index >= 15 is 0 Å². The van der Waals surface area contributed by atoms with Gasteiger partial charge in [0.2, 0.25) is 4.96 Å². The van der Waals surface area contributed by atoms with Gasteiger partial charge in [0.15, 0.2) is 5.82 Å². The van der Waals surface area contributed by atoms with Crippen LogP contribution < -0.4 is 10.1 Å². The van der Waals surface area contributed by atoms with Gasteiger partial charge in [0.1, 0.15) is 5.75 Å². The van der Waals surface area contributed by atoms with E-state index in [-0.39, 0.29) is 6.03 Å². The number of nitrogens with one attached hydrogen (secondary N) is 1. The Morgan fingerprint density at radius 1 is 1.33 bits per heavy atom. The van der Waals surface area contributed by atoms with E-state index in [1.165, 1.54) is 0 Å². The Bertz CT molecular complexity index is 899. The van der Waals surface area contributed by atoms with Crippen molar-refractivity contribution in [1.82, 2.24) is 24.8 Å². The molecular weight excluding hydrogens is 326 g/mol. The van der Waals surface area contributed by atoms with Crippen molar-refractivity contribution < 1.29 is 9.53 Å². The lowest BCUT2D eigenvalue weighted by molar-refractivity contribution is 0.195. The summed E-state index contributed by atoms with van der Waals surface area (Å²) < 4.78 is 7.10. The zero-order valence-electron chi connectivity index (χ0n) is 13.4. The highest BCUT2D eigenvalue weighted by atomic mass is 32.1. The number of fused-ring (bicyclic) bond motifs is 3. The normalized spacial score (nSPS) is 13.8. The highest BCUT2D eigenvalue weighted by Crippen LogP contribution is 2.29. The van der Waals surface area contributed by atoms with E-state index in [4.69, 9.17) is 4.74 Å². The lowest BCUT2D eigenvalue weighted by Crippen LogP contribution is -2.41. The molecule has 7 nitrogen and oxygen atoms in total. The van der Waals surface area contributed by atoms with Gasteiger partial charge in [0, 0.05) is 30.5 Å². The summed E-state index contributed by atoms with van der Waals surface area (Å²) in [5, 5.41) is 7.33. The van der Waals surface area contributed by atoms with Crippen molar-refractivity contribution in [2.75, 3.05) is 20.7 Å². The van der Waals surface area contributed by atoms with Crippen LogP contribution in [0.5, 0.6) is 5.75 Å². The Labute approximate surface area is 142 Å². The van der Waals surface area contributed by atoms with E-state index < -0.39 is 0 Å². The van der Waals surface area contributed by atoms with Crippen LogP contribution in [0.3, 0.4) is 0 Å². The number of aromatic nitrogens is 3. The molecule has 0 bridgehead atoms. The number of carbonyl (C=O) groups is 1. The average Bonchev–Trinajstić information content (AvgIpc) is 3.18. The van der Waals surface area contributed by atoms with Crippen LogP contribution in [0.25, 0.3) is 16.3 Å². The lowest BCUT2D eigenvalue weighted by Gasteiger charge is -2.25. The molecule has 0 saturated heterocycles. The molecular formula is C16H17N5O2S. The lowest BCUT2D eigenvalue weighted by atomic mass is 10.2. The van der Waals surface area contributed by atoms with Gasteiger partial charge in [0.25, 0.3) is 0 Å². The Hall–Kier alpha value is -2.61. The first-order valence-corrected chi connectivity index (χ1v) is 8.49. The summed E-state index contributed by atoms with van der Waals surface area (Å²) in [7, 11) is 3.30. The van der Waals surface area contributed by atoms with Crippen molar-refractivity contribution in [2.24, 2.45) is 0 Å². The second-order valence-corrected chi connectivity index (χ2v) is 6.62. The molecule has 1 aliphatic rings. The van der Waals surface area contributed by atoms with Crippen LogP contribution in [0, 0.1) is 0 Å². The fourth-order valence-electron chi connectivity index (χ4n) is 2.88. The number of ether oxygens (including phenoxy) is 1. The van der Waals surface area contributed by atoms with Gasteiger partial charge in [-0.3, -0.25) is 0 Å². The summed E-state index contributed by atoms with van der Waals surface area (Å²) in [5.74, 6) is 1.52. The number of carbonyl (C=O) groups excluding carboxylic acids is 1. The van der Waals surface area contributed by atoms with Crippen molar-refractivity contribution in [1.29, 1.82) is 0 Å². The molecule has 0 saturated carbocycles. The van der Waals surface area contributed by atoms with Crippen LogP contribution in [0.2, 0.25) is 0 Å². The smallest absolute Gasteiger partial charge is 0.317 e. The molecule has 1 N–H and O–H groups in total. The molecule has 8 heteroatoms.